The Kier molecular flexibility index (Phi) is 7.39. The van der Waals surface area contributed by atoms with Gasteiger partial charge in [-0.3, -0.25) is 0 Å². The third-order valence-corrected chi connectivity index (χ3v) is 5.43. The lowest BCUT2D eigenvalue weighted by atomic mass is 10.2. The molecule has 7 nitrogen and oxygen atoms in total. The number of aromatic nitrogens is 2. The Hall–Kier alpha value is -2.25. The fourth-order valence-corrected chi connectivity index (χ4v) is 3.72. The van der Waals surface area contributed by atoms with Crippen LogP contribution in [-0.4, -0.2) is 72.1 Å². The van der Waals surface area contributed by atoms with Crippen LogP contribution in [0.25, 0.3) is 0 Å². The normalized spacial score (nSPS) is 15.6. The number of nitrogens with one attached hydrogen (secondary N) is 1. The van der Waals surface area contributed by atoms with Crippen molar-refractivity contribution in [2.24, 2.45) is 12.0 Å². The van der Waals surface area contributed by atoms with E-state index in [-0.39, 0.29) is 0 Å². The van der Waals surface area contributed by atoms with Gasteiger partial charge in [0.05, 0.1) is 18.1 Å². The van der Waals surface area contributed by atoms with E-state index in [9.17, 15) is 0 Å². The largest absolute Gasteiger partial charge is 0.357 e. The van der Waals surface area contributed by atoms with Crippen molar-refractivity contribution in [1.29, 1.82) is 0 Å². The van der Waals surface area contributed by atoms with Crippen molar-refractivity contribution < 1.29 is 0 Å². The van der Waals surface area contributed by atoms with Crippen LogP contribution in [0.4, 0.5) is 5.82 Å². The molecule has 0 unspecified atom stereocenters. The first-order valence-electron chi connectivity index (χ1n) is 10.1. The van der Waals surface area contributed by atoms with Gasteiger partial charge in [-0.2, -0.15) is 0 Å². The van der Waals surface area contributed by atoms with Gasteiger partial charge >= 0.3 is 0 Å². The van der Waals surface area contributed by atoms with Crippen molar-refractivity contribution in [2.45, 2.75) is 20.0 Å². The first-order chi connectivity index (χ1) is 14.0. The quantitative estimate of drug-likeness (QED) is 0.577. The van der Waals surface area contributed by atoms with Crippen molar-refractivity contribution in [3.8, 4) is 0 Å². The fraction of sp³-hybridized carbons (Fsp3) is 0.524. The van der Waals surface area contributed by atoms with E-state index in [0.717, 1.165) is 61.8 Å². The molecule has 1 N–H and O–H groups in total. The molecule has 0 saturated carbocycles. The molecule has 0 spiro atoms. The second-order valence-electron chi connectivity index (χ2n) is 7.60. The van der Waals surface area contributed by atoms with Crippen LogP contribution in [0.1, 0.15) is 18.2 Å². The van der Waals surface area contributed by atoms with Gasteiger partial charge in [0.15, 0.2) is 5.96 Å². The highest BCUT2D eigenvalue weighted by Gasteiger charge is 2.15. The van der Waals surface area contributed by atoms with Crippen molar-refractivity contribution >= 4 is 23.4 Å². The zero-order valence-corrected chi connectivity index (χ0v) is 18.7. The Bertz CT molecular complexity index is 824. The second-order valence-corrected chi connectivity index (χ2v) is 8.04. The number of likely N-dealkylation sites (N-methyl/N-ethyl adjacent to an activating group) is 1. The van der Waals surface area contributed by atoms with Gasteiger partial charge in [0.1, 0.15) is 5.82 Å². The second kappa shape index (κ2) is 9.98. The zero-order chi connectivity index (χ0) is 20.8. The van der Waals surface area contributed by atoms with Gasteiger partial charge in [0, 0.05) is 64.9 Å². The minimum atomic E-state index is 0.615. The molecule has 0 bridgehead atoms. The Morgan fingerprint density at radius 3 is 2.66 bits per heavy atom. The molecule has 3 rings (SSSR count). The van der Waals surface area contributed by atoms with E-state index in [1.807, 2.05) is 43.2 Å². The molecule has 29 heavy (non-hydrogen) atoms. The summed E-state index contributed by atoms with van der Waals surface area (Å²) in [6.07, 6.45) is 3.81. The predicted molar refractivity (Wildman–Crippen MR) is 121 cm³/mol. The number of guanidine groups is 1. The molecule has 0 aliphatic carbocycles. The number of anilines is 1. The van der Waals surface area contributed by atoms with Gasteiger partial charge in [-0.05, 0) is 37.7 Å². The van der Waals surface area contributed by atoms with Gasteiger partial charge in [0.2, 0.25) is 0 Å². The summed E-state index contributed by atoms with van der Waals surface area (Å²) in [7, 11) is 6.22. The Morgan fingerprint density at radius 1 is 1.24 bits per heavy atom. The number of halogens is 1. The molecule has 0 atom stereocenters. The topological polar surface area (TPSA) is 51.9 Å². The standard InChI is InChI=1S/C21H32ClN7/c1-5-23-21(28(4)16-19-13-18(22)15-27(19)3)25-14-17-6-7-24-20(12-17)29-10-8-26(2)9-11-29/h6-7,12-13,15H,5,8-11,14,16H2,1-4H3,(H,23,25). The van der Waals surface area contributed by atoms with Crippen LogP contribution in [0.15, 0.2) is 35.6 Å². The summed E-state index contributed by atoms with van der Waals surface area (Å²) < 4.78 is 2.05. The minimum absolute atomic E-state index is 0.615. The van der Waals surface area contributed by atoms with Crippen LogP contribution < -0.4 is 10.2 Å². The molecule has 0 aromatic carbocycles. The molecule has 1 fully saturated rings. The molecule has 0 radical (unpaired) electrons. The summed E-state index contributed by atoms with van der Waals surface area (Å²) in [5.74, 6) is 1.92. The number of hydrogen-bond donors (Lipinski definition) is 1. The smallest absolute Gasteiger partial charge is 0.194 e. The number of hydrogen-bond acceptors (Lipinski definition) is 4. The average molecular weight is 418 g/mol. The molecular formula is C21H32ClN7. The van der Waals surface area contributed by atoms with Crippen LogP contribution >= 0.6 is 11.6 Å². The lowest BCUT2D eigenvalue weighted by Gasteiger charge is -2.33. The molecule has 8 heteroatoms. The number of rotatable bonds is 6. The van der Waals surface area contributed by atoms with Crippen LogP contribution in [0.5, 0.6) is 0 Å². The zero-order valence-electron chi connectivity index (χ0n) is 17.9. The van der Waals surface area contributed by atoms with E-state index in [0.29, 0.717) is 6.54 Å². The Balaban J connectivity index is 1.68. The lowest BCUT2D eigenvalue weighted by Crippen LogP contribution is -2.44. The van der Waals surface area contributed by atoms with Crippen molar-refractivity contribution in [3.63, 3.8) is 0 Å². The Labute approximate surface area is 179 Å². The van der Waals surface area contributed by atoms with E-state index < -0.39 is 0 Å². The minimum Gasteiger partial charge on any atom is -0.357 e. The molecule has 1 saturated heterocycles. The van der Waals surface area contributed by atoms with Gasteiger partial charge < -0.3 is 24.6 Å². The van der Waals surface area contributed by atoms with E-state index in [1.54, 1.807) is 0 Å². The molecular weight excluding hydrogens is 386 g/mol. The first kappa shape index (κ1) is 21.5. The highest BCUT2D eigenvalue weighted by atomic mass is 35.5. The molecule has 158 valence electrons. The highest BCUT2D eigenvalue weighted by Crippen LogP contribution is 2.16. The number of pyridine rings is 1. The van der Waals surface area contributed by atoms with E-state index in [2.05, 4.69) is 45.0 Å². The SMILES string of the molecule is CCNC(=NCc1ccnc(N2CCN(C)CC2)c1)N(C)Cc1cc(Cl)cn1C. The average Bonchev–Trinajstić information content (AvgIpc) is 3.02. The molecule has 1 aliphatic rings. The summed E-state index contributed by atoms with van der Waals surface area (Å²) in [4.78, 5) is 16.2. The van der Waals surface area contributed by atoms with Crippen LogP contribution in [0, 0.1) is 0 Å². The van der Waals surface area contributed by atoms with Crippen LogP contribution in [-0.2, 0) is 20.1 Å². The van der Waals surface area contributed by atoms with E-state index >= 15 is 0 Å². The van der Waals surface area contributed by atoms with Crippen LogP contribution in [0.2, 0.25) is 5.02 Å². The summed E-state index contributed by atoms with van der Waals surface area (Å²) in [5.41, 5.74) is 2.31. The summed E-state index contributed by atoms with van der Waals surface area (Å²) in [6, 6.07) is 6.20. The highest BCUT2D eigenvalue weighted by molar-refractivity contribution is 6.30. The van der Waals surface area contributed by atoms with Crippen molar-refractivity contribution in [3.05, 3.63) is 46.9 Å². The van der Waals surface area contributed by atoms with E-state index in [1.165, 1.54) is 5.56 Å². The number of aryl methyl sites for hydroxylation is 1. The molecule has 2 aromatic rings. The summed E-state index contributed by atoms with van der Waals surface area (Å²) in [6.45, 7) is 8.43. The fourth-order valence-electron chi connectivity index (χ4n) is 3.44. The first-order valence-corrected chi connectivity index (χ1v) is 10.5. The predicted octanol–water partition coefficient (Wildman–Crippen LogP) is 2.42. The Morgan fingerprint density at radius 2 is 2.00 bits per heavy atom. The van der Waals surface area contributed by atoms with Gasteiger partial charge in [0.25, 0.3) is 0 Å². The monoisotopic (exact) mass is 417 g/mol. The third kappa shape index (κ3) is 5.87. The van der Waals surface area contributed by atoms with E-state index in [4.69, 9.17) is 16.6 Å². The van der Waals surface area contributed by atoms with Crippen LogP contribution in [0.3, 0.4) is 0 Å². The summed E-state index contributed by atoms with van der Waals surface area (Å²) >= 11 is 6.12. The number of nitrogens with zero attached hydrogens (tertiary/aromatic N) is 6. The van der Waals surface area contributed by atoms with Gasteiger partial charge in [-0.15, -0.1) is 0 Å². The number of piperazine rings is 1. The maximum atomic E-state index is 6.12. The maximum Gasteiger partial charge on any atom is 0.194 e. The third-order valence-electron chi connectivity index (χ3n) is 5.22. The maximum absolute atomic E-state index is 6.12. The van der Waals surface area contributed by atoms with Gasteiger partial charge in [-0.25, -0.2) is 9.98 Å². The molecule has 0 amide bonds. The summed E-state index contributed by atoms with van der Waals surface area (Å²) in [5, 5.41) is 4.14. The molecule has 1 aliphatic heterocycles. The number of aliphatic imine (C=N–C) groups is 1. The van der Waals surface area contributed by atoms with Crippen molar-refractivity contribution in [2.75, 3.05) is 51.7 Å². The van der Waals surface area contributed by atoms with Gasteiger partial charge in [-0.1, -0.05) is 11.6 Å². The van der Waals surface area contributed by atoms with Crippen molar-refractivity contribution in [1.82, 2.24) is 24.7 Å². The molecule has 2 aromatic heterocycles. The lowest BCUT2D eigenvalue weighted by molar-refractivity contribution is 0.312. The molecule has 3 heterocycles.